The fraction of sp³-hybridized carbons (Fsp3) is 0.133. The number of rotatable bonds is 4. The van der Waals surface area contributed by atoms with Crippen LogP contribution in [0.1, 0.15) is 5.56 Å². The van der Waals surface area contributed by atoms with E-state index in [2.05, 4.69) is 10.3 Å². The predicted molar refractivity (Wildman–Crippen MR) is 82.3 cm³/mol. The van der Waals surface area contributed by atoms with Crippen molar-refractivity contribution in [2.24, 2.45) is 0 Å². The van der Waals surface area contributed by atoms with Crippen LogP contribution < -0.4 is 5.32 Å². The smallest absolute Gasteiger partial charge is 0.261 e. The molecule has 3 aromatic rings. The first-order valence-corrected chi connectivity index (χ1v) is 7.42. The maximum atomic E-state index is 6.04. The van der Waals surface area contributed by atoms with Gasteiger partial charge in [0.15, 0.2) is 5.58 Å². The Morgan fingerprint density at radius 2 is 2.10 bits per heavy atom. The minimum Gasteiger partial charge on any atom is -0.431 e. The van der Waals surface area contributed by atoms with Gasteiger partial charge in [0.2, 0.25) is 0 Å². The number of hydrogen-bond donors (Lipinski definition) is 1. The summed E-state index contributed by atoms with van der Waals surface area (Å²) in [4.78, 5) is 5.57. The van der Waals surface area contributed by atoms with Crippen LogP contribution in [0.4, 0.5) is 0 Å². The molecule has 0 saturated carbocycles. The zero-order valence-electron chi connectivity index (χ0n) is 10.9. The van der Waals surface area contributed by atoms with E-state index in [0.717, 1.165) is 33.1 Å². The molecule has 3 nitrogen and oxygen atoms in total. The zero-order valence-corrected chi connectivity index (χ0v) is 12.5. The molecule has 0 radical (unpaired) electrons. The van der Waals surface area contributed by atoms with Crippen molar-refractivity contribution in [3.8, 4) is 0 Å². The average molecular weight is 305 g/mol. The van der Waals surface area contributed by atoms with Crippen molar-refractivity contribution < 1.29 is 4.42 Å². The van der Waals surface area contributed by atoms with Crippen LogP contribution in [0.25, 0.3) is 11.1 Å². The first kappa shape index (κ1) is 13.5. The van der Waals surface area contributed by atoms with Crippen molar-refractivity contribution in [1.82, 2.24) is 10.3 Å². The first-order valence-electron chi connectivity index (χ1n) is 6.23. The number of halogens is 1. The predicted octanol–water partition coefficient (Wildman–Crippen LogP) is 4.35. The molecule has 0 aliphatic carbocycles. The van der Waals surface area contributed by atoms with E-state index in [9.17, 15) is 0 Å². The second-order valence-electron chi connectivity index (χ2n) is 4.33. The highest BCUT2D eigenvalue weighted by Crippen LogP contribution is 2.33. The Bertz CT molecular complexity index is 709. The third-order valence-electron chi connectivity index (χ3n) is 2.86. The highest BCUT2D eigenvalue weighted by molar-refractivity contribution is 7.99. The van der Waals surface area contributed by atoms with E-state index in [1.165, 1.54) is 11.8 Å². The number of aromatic nitrogens is 1. The molecule has 0 amide bonds. The Kier molecular flexibility index (Phi) is 3.96. The lowest BCUT2D eigenvalue weighted by molar-refractivity contribution is 0.489. The Morgan fingerprint density at radius 1 is 1.25 bits per heavy atom. The van der Waals surface area contributed by atoms with Crippen LogP contribution in [0.3, 0.4) is 0 Å². The molecule has 2 aromatic carbocycles. The SMILES string of the molecule is CNCc1cc(Cl)ccc1Sc1nc2ccccc2o1. The number of benzene rings is 2. The maximum Gasteiger partial charge on any atom is 0.261 e. The molecule has 5 heteroatoms. The molecule has 0 fully saturated rings. The average Bonchev–Trinajstić information content (AvgIpc) is 2.84. The van der Waals surface area contributed by atoms with Gasteiger partial charge in [-0.2, -0.15) is 0 Å². The molecule has 1 heterocycles. The maximum absolute atomic E-state index is 6.04. The van der Waals surface area contributed by atoms with Gasteiger partial charge in [0.05, 0.1) is 0 Å². The van der Waals surface area contributed by atoms with E-state index < -0.39 is 0 Å². The van der Waals surface area contributed by atoms with Crippen molar-refractivity contribution in [3.63, 3.8) is 0 Å². The van der Waals surface area contributed by atoms with Crippen molar-refractivity contribution in [1.29, 1.82) is 0 Å². The molecule has 102 valence electrons. The summed E-state index contributed by atoms with van der Waals surface area (Å²) in [6, 6.07) is 13.6. The molecule has 0 atom stereocenters. The van der Waals surface area contributed by atoms with Gasteiger partial charge in [0.25, 0.3) is 5.22 Å². The van der Waals surface area contributed by atoms with Gasteiger partial charge in [-0.1, -0.05) is 23.7 Å². The third-order valence-corrected chi connectivity index (χ3v) is 4.06. The number of nitrogens with zero attached hydrogens (tertiary/aromatic N) is 1. The van der Waals surface area contributed by atoms with Gasteiger partial charge in [-0.05, 0) is 54.7 Å². The Morgan fingerprint density at radius 3 is 2.90 bits per heavy atom. The van der Waals surface area contributed by atoms with Crippen LogP contribution in [0.15, 0.2) is 57.0 Å². The summed E-state index contributed by atoms with van der Waals surface area (Å²) in [5, 5.41) is 4.52. The largest absolute Gasteiger partial charge is 0.431 e. The number of nitrogens with one attached hydrogen (secondary N) is 1. The molecular weight excluding hydrogens is 292 g/mol. The second-order valence-corrected chi connectivity index (χ2v) is 5.76. The molecule has 20 heavy (non-hydrogen) atoms. The monoisotopic (exact) mass is 304 g/mol. The molecule has 0 saturated heterocycles. The van der Waals surface area contributed by atoms with E-state index in [4.69, 9.17) is 16.0 Å². The molecule has 0 aliphatic rings. The summed E-state index contributed by atoms with van der Waals surface area (Å²) in [6.07, 6.45) is 0. The molecule has 1 N–H and O–H groups in total. The van der Waals surface area contributed by atoms with Crippen LogP contribution in [0, 0.1) is 0 Å². The van der Waals surface area contributed by atoms with Crippen molar-refractivity contribution in [2.45, 2.75) is 16.7 Å². The fourth-order valence-corrected chi connectivity index (χ4v) is 3.02. The number of hydrogen-bond acceptors (Lipinski definition) is 4. The minimum atomic E-state index is 0.644. The zero-order chi connectivity index (χ0) is 13.9. The van der Waals surface area contributed by atoms with E-state index in [1.807, 2.05) is 49.5 Å². The summed E-state index contributed by atoms with van der Waals surface area (Å²) in [5.41, 5.74) is 2.81. The number of para-hydroxylation sites is 2. The standard InChI is InChI=1S/C15H13ClN2OS/c1-17-9-10-8-11(16)6-7-14(10)20-15-18-12-4-2-3-5-13(12)19-15/h2-8,17H,9H2,1H3. The van der Waals surface area contributed by atoms with Gasteiger partial charge in [-0.25, -0.2) is 4.98 Å². The van der Waals surface area contributed by atoms with Gasteiger partial charge in [0.1, 0.15) is 5.52 Å². The lowest BCUT2D eigenvalue weighted by atomic mass is 10.2. The van der Waals surface area contributed by atoms with Crippen molar-refractivity contribution >= 4 is 34.5 Å². The van der Waals surface area contributed by atoms with Crippen molar-refractivity contribution in [3.05, 3.63) is 53.1 Å². The Balaban J connectivity index is 1.93. The topological polar surface area (TPSA) is 38.1 Å². The number of oxazole rings is 1. The molecule has 0 bridgehead atoms. The van der Waals surface area contributed by atoms with E-state index in [0.29, 0.717) is 5.22 Å². The van der Waals surface area contributed by atoms with Crippen LogP contribution in [0.2, 0.25) is 5.02 Å². The van der Waals surface area contributed by atoms with Gasteiger partial charge in [-0.15, -0.1) is 0 Å². The van der Waals surface area contributed by atoms with Crippen LogP contribution in [0.5, 0.6) is 0 Å². The van der Waals surface area contributed by atoms with E-state index in [1.54, 1.807) is 0 Å². The highest BCUT2D eigenvalue weighted by atomic mass is 35.5. The molecular formula is C15H13ClN2OS. The van der Waals surface area contributed by atoms with E-state index >= 15 is 0 Å². The summed E-state index contributed by atoms with van der Waals surface area (Å²) >= 11 is 7.56. The molecule has 1 aromatic heterocycles. The fourth-order valence-electron chi connectivity index (χ4n) is 1.96. The van der Waals surface area contributed by atoms with Crippen LogP contribution in [-0.4, -0.2) is 12.0 Å². The Hall–Kier alpha value is -1.49. The van der Waals surface area contributed by atoms with Crippen molar-refractivity contribution in [2.75, 3.05) is 7.05 Å². The molecule has 0 spiro atoms. The second kappa shape index (κ2) is 5.87. The van der Waals surface area contributed by atoms with Gasteiger partial charge < -0.3 is 9.73 Å². The van der Waals surface area contributed by atoms with Gasteiger partial charge in [0, 0.05) is 16.5 Å². The van der Waals surface area contributed by atoms with Gasteiger partial charge in [-0.3, -0.25) is 0 Å². The highest BCUT2D eigenvalue weighted by Gasteiger charge is 2.10. The minimum absolute atomic E-state index is 0.644. The molecule has 0 unspecified atom stereocenters. The van der Waals surface area contributed by atoms with E-state index in [-0.39, 0.29) is 0 Å². The number of fused-ring (bicyclic) bond motifs is 1. The summed E-state index contributed by atoms with van der Waals surface area (Å²) in [6.45, 7) is 0.753. The summed E-state index contributed by atoms with van der Waals surface area (Å²) in [7, 11) is 1.91. The molecule has 3 rings (SSSR count). The lowest BCUT2D eigenvalue weighted by Gasteiger charge is -2.07. The normalized spacial score (nSPS) is 11.1. The Labute approximate surface area is 126 Å². The lowest BCUT2D eigenvalue weighted by Crippen LogP contribution is -2.06. The quantitative estimate of drug-likeness (QED) is 0.777. The molecule has 0 aliphatic heterocycles. The van der Waals surface area contributed by atoms with Crippen LogP contribution in [-0.2, 0) is 6.54 Å². The first-order chi connectivity index (χ1) is 9.76. The third kappa shape index (κ3) is 2.82. The van der Waals surface area contributed by atoms with Gasteiger partial charge >= 0.3 is 0 Å². The summed E-state index contributed by atoms with van der Waals surface area (Å²) in [5.74, 6) is 0. The summed E-state index contributed by atoms with van der Waals surface area (Å²) < 4.78 is 5.73. The van der Waals surface area contributed by atoms with Crippen LogP contribution >= 0.6 is 23.4 Å².